The van der Waals surface area contributed by atoms with Gasteiger partial charge < -0.3 is 14.4 Å². The molecule has 4 rings (SSSR count). The van der Waals surface area contributed by atoms with E-state index in [1.165, 1.54) is 6.07 Å². The first kappa shape index (κ1) is 27.3. The van der Waals surface area contributed by atoms with Crippen molar-refractivity contribution in [3.63, 3.8) is 0 Å². The summed E-state index contributed by atoms with van der Waals surface area (Å²) in [6.45, 7) is 9.60. The molecule has 0 bridgehead atoms. The van der Waals surface area contributed by atoms with Gasteiger partial charge in [-0.05, 0) is 73.9 Å². The Morgan fingerprint density at radius 3 is 2.61 bits per heavy atom. The van der Waals surface area contributed by atoms with Crippen LogP contribution in [0.3, 0.4) is 0 Å². The SMILES string of the molecule is CN1CCC[C@@H]1COc1ccc(C(F)(F)F)cc1C(=O)/N=S1/C=C(C(C)(C)C)CN1C[C@H]1CCCO1. The van der Waals surface area contributed by atoms with Crippen molar-refractivity contribution in [3.05, 3.63) is 40.3 Å². The minimum absolute atomic E-state index is 0.0777. The van der Waals surface area contributed by atoms with Gasteiger partial charge in [-0.25, -0.2) is 4.31 Å². The number of likely N-dealkylation sites (N-methyl/N-ethyl adjacent to an activating group) is 1. The van der Waals surface area contributed by atoms with Crippen LogP contribution in [-0.4, -0.2) is 67.2 Å². The molecular formula is C26H36F3N3O3S. The maximum absolute atomic E-state index is 13.5. The number of amides is 1. The van der Waals surface area contributed by atoms with Crippen molar-refractivity contribution in [3.8, 4) is 5.75 Å². The molecule has 0 aromatic heterocycles. The Labute approximate surface area is 214 Å². The Morgan fingerprint density at radius 2 is 2.00 bits per heavy atom. The number of carbonyl (C=O) groups is 1. The highest BCUT2D eigenvalue weighted by Gasteiger charge is 2.34. The van der Waals surface area contributed by atoms with Gasteiger partial charge in [0.05, 0.1) is 17.2 Å². The number of halogens is 3. The van der Waals surface area contributed by atoms with Gasteiger partial charge in [0.2, 0.25) is 0 Å². The average Bonchev–Trinajstić information content (AvgIpc) is 3.54. The van der Waals surface area contributed by atoms with Gasteiger partial charge in [-0.1, -0.05) is 20.8 Å². The summed E-state index contributed by atoms with van der Waals surface area (Å²) >= 11 is 0. The summed E-state index contributed by atoms with van der Waals surface area (Å²) in [5.41, 5.74) is 0.0217. The highest BCUT2D eigenvalue weighted by molar-refractivity contribution is 7.88. The molecule has 0 radical (unpaired) electrons. The van der Waals surface area contributed by atoms with Gasteiger partial charge in [-0.3, -0.25) is 4.79 Å². The van der Waals surface area contributed by atoms with E-state index in [1.807, 2.05) is 12.5 Å². The molecule has 0 saturated carbocycles. The first-order valence-electron chi connectivity index (χ1n) is 12.5. The monoisotopic (exact) mass is 527 g/mol. The molecule has 2 fully saturated rings. The molecule has 1 aromatic carbocycles. The van der Waals surface area contributed by atoms with E-state index < -0.39 is 28.5 Å². The summed E-state index contributed by atoms with van der Waals surface area (Å²) < 4.78 is 58.8. The number of alkyl halides is 3. The van der Waals surface area contributed by atoms with Crippen molar-refractivity contribution in [2.45, 2.75) is 64.8 Å². The second-order valence-corrected chi connectivity index (χ2v) is 12.4. The van der Waals surface area contributed by atoms with E-state index in [-0.39, 0.29) is 28.9 Å². The number of nitrogens with zero attached hydrogens (tertiary/aromatic N) is 3. The lowest BCUT2D eigenvalue weighted by Crippen LogP contribution is -2.32. The molecule has 0 N–H and O–H groups in total. The number of hydrogen-bond donors (Lipinski definition) is 0. The molecule has 6 nitrogen and oxygen atoms in total. The maximum Gasteiger partial charge on any atom is 0.416 e. The van der Waals surface area contributed by atoms with Crippen LogP contribution in [0.25, 0.3) is 0 Å². The predicted octanol–water partition coefficient (Wildman–Crippen LogP) is 5.46. The van der Waals surface area contributed by atoms with E-state index in [4.69, 9.17) is 9.47 Å². The zero-order valence-electron chi connectivity index (χ0n) is 21.4. The fourth-order valence-corrected chi connectivity index (χ4v) is 6.52. The molecule has 3 aliphatic rings. The van der Waals surface area contributed by atoms with Crippen LogP contribution in [-0.2, 0) is 21.8 Å². The highest BCUT2D eigenvalue weighted by Crippen LogP contribution is 2.35. The Morgan fingerprint density at radius 1 is 1.22 bits per heavy atom. The Hall–Kier alpha value is -1.75. The highest BCUT2D eigenvalue weighted by atomic mass is 32.2. The van der Waals surface area contributed by atoms with E-state index in [0.717, 1.165) is 56.5 Å². The lowest BCUT2D eigenvalue weighted by Gasteiger charge is -2.24. The summed E-state index contributed by atoms with van der Waals surface area (Å²) in [5, 5.41) is 1.99. The second-order valence-electron chi connectivity index (χ2n) is 10.8. The van der Waals surface area contributed by atoms with Crippen LogP contribution in [0.15, 0.2) is 33.5 Å². The van der Waals surface area contributed by atoms with Gasteiger partial charge in [0, 0.05) is 36.6 Å². The van der Waals surface area contributed by atoms with Gasteiger partial charge in [0.25, 0.3) is 5.91 Å². The van der Waals surface area contributed by atoms with Crippen LogP contribution < -0.4 is 4.74 Å². The maximum atomic E-state index is 13.5. The van der Waals surface area contributed by atoms with Gasteiger partial charge in [-0.15, -0.1) is 0 Å². The summed E-state index contributed by atoms with van der Waals surface area (Å²) in [7, 11) is 1.10. The topological polar surface area (TPSA) is 54.4 Å². The number of hydrogen-bond acceptors (Lipinski definition) is 4. The molecule has 1 unspecified atom stereocenters. The number of benzene rings is 1. The minimum atomic E-state index is -4.57. The molecule has 2 saturated heterocycles. The molecule has 1 amide bonds. The van der Waals surface area contributed by atoms with Crippen molar-refractivity contribution in [1.82, 2.24) is 9.21 Å². The first-order chi connectivity index (χ1) is 16.9. The smallest absolute Gasteiger partial charge is 0.416 e. The largest absolute Gasteiger partial charge is 0.491 e. The molecule has 3 atom stereocenters. The number of rotatable bonds is 6. The third-order valence-corrected chi connectivity index (χ3v) is 8.73. The normalized spacial score (nSPS) is 26.1. The number of ether oxygens (including phenoxy) is 2. The van der Waals surface area contributed by atoms with Crippen molar-refractivity contribution in [2.24, 2.45) is 9.78 Å². The lowest BCUT2D eigenvalue weighted by atomic mass is 9.87. The van der Waals surface area contributed by atoms with Crippen LogP contribution in [0.2, 0.25) is 0 Å². The summed E-state index contributed by atoms with van der Waals surface area (Å²) in [4.78, 5) is 15.6. The Kier molecular flexibility index (Phi) is 8.29. The van der Waals surface area contributed by atoms with Crippen LogP contribution in [0.4, 0.5) is 13.2 Å². The molecule has 3 aliphatic heterocycles. The quantitative estimate of drug-likeness (QED) is 0.492. The molecule has 1 aromatic rings. The molecule has 3 heterocycles. The molecule has 36 heavy (non-hydrogen) atoms. The van der Waals surface area contributed by atoms with Gasteiger partial charge in [-0.2, -0.15) is 17.5 Å². The van der Waals surface area contributed by atoms with Crippen molar-refractivity contribution < 1.29 is 27.4 Å². The van der Waals surface area contributed by atoms with Gasteiger partial charge >= 0.3 is 6.18 Å². The van der Waals surface area contributed by atoms with E-state index in [2.05, 4.69) is 34.3 Å². The third kappa shape index (κ3) is 6.57. The van der Waals surface area contributed by atoms with Crippen LogP contribution >= 0.6 is 0 Å². The van der Waals surface area contributed by atoms with E-state index in [0.29, 0.717) is 19.7 Å². The zero-order valence-corrected chi connectivity index (χ0v) is 22.3. The minimum Gasteiger partial charge on any atom is -0.491 e. The van der Waals surface area contributed by atoms with Crippen LogP contribution in [0.5, 0.6) is 5.75 Å². The van der Waals surface area contributed by atoms with Crippen molar-refractivity contribution >= 4 is 16.8 Å². The molecule has 10 heteroatoms. The standard InChI is InChI=1S/C26H36F3N3O3S/c1-25(2,3)19-14-32(15-21-8-6-12-34-21)36(17-19)30-24(33)22-13-18(26(27,28)29)9-10-23(22)35-16-20-7-5-11-31(20)4/h9-10,13,17,20-21H,5-8,11-12,14-16H2,1-4H3/t20-,21-,36?/m1/s1. The molecule has 0 aliphatic carbocycles. The Bertz CT molecular complexity index is 1030. The fourth-order valence-electron chi connectivity index (χ4n) is 4.66. The number of carbonyl (C=O) groups excluding carboxylic acids is 1. The van der Waals surface area contributed by atoms with Crippen molar-refractivity contribution in [2.75, 3.05) is 39.9 Å². The zero-order chi connectivity index (χ0) is 26.1. The van der Waals surface area contributed by atoms with E-state index >= 15 is 0 Å². The number of likely N-dealkylation sites (tertiary alicyclic amines) is 1. The van der Waals surface area contributed by atoms with Gasteiger partial charge in [0.15, 0.2) is 0 Å². The van der Waals surface area contributed by atoms with Crippen LogP contribution in [0, 0.1) is 5.41 Å². The lowest BCUT2D eigenvalue weighted by molar-refractivity contribution is -0.137. The van der Waals surface area contributed by atoms with E-state index in [9.17, 15) is 18.0 Å². The fraction of sp³-hybridized carbons (Fsp3) is 0.654. The molecule has 0 spiro atoms. The predicted molar refractivity (Wildman–Crippen MR) is 135 cm³/mol. The first-order valence-corrected chi connectivity index (χ1v) is 13.7. The summed E-state index contributed by atoms with van der Waals surface area (Å²) in [5.74, 6) is -0.548. The summed E-state index contributed by atoms with van der Waals surface area (Å²) in [6, 6.07) is 3.25. The Balaban J connectivity index is 1.63. The molecule has 200 valence electrons. The van der Waals surface area contributed by atoms with Crippen LogP contribution in [0.1, 0.15) is 62.4 Å². The average molecular weight is 528 g/mol. The van der Waals surface area contributed by atoms with E-state index in [1.54, 1.807) is 0 Å². The van der Waals surface area contributed by atoms with Crippen molar-refractivity contribution in [1.29, 1.82) is 0 Å². The summed E-state index contributed by atoms with van der Waals surface area (Å²) in [6.07, 6.45) is -0.539. The van der Waals surface area contributed by atoms with Gasteiger partial charge in [0.1, 0.15) is 12.4 Å². The third-order valence-electron chi connectivity index (χ3n) is 7.07. The molecular weight excluding hydrogens is 491 g/mol. The second kappa shape index (κ2) is 10.9.